The van der Waals surface area contributed by atoms with Crippen LogP contribution in [-0.4, -0.2) is 40.1 Å². The van der Waals surface area contributed by atoms with Crippen LogP contribution in [0.3, 0.4) is 0 Å². The number of rotatable bonds is 1. The van der Waals surface area contributed by atoms with Crippen LogP contribution in [0.1, 0.15) is 57.1 Å². The van der Waals surface area contributed by atoms with Crippen molar-refractivity contribution in [2.45, 2.75) is 37.8 Å². The summed E-state index contributed by atoms with van der Waals surface area (Å²) in [4.78, 5) is 42.5. The smallest absolute Gasteiger partial charge is 0.262 e. The number of piperidine rings is 1. The Morgan fingerprint density at radius 2 is 1.44 bits per heavy atom. The van der Waals surface area contributed by atoms with E-state index < -0.39 is 6.04 Å². The standard InChI is InChI=1S/C22H20N2O3/c25-20-16-9-3-4-10-17(16)21(26)24(20)19-13-14-7-1-2-8-15(14)18-11-5-6-12-23(18)22(19)27/h1-4,7-10,18-19H,5-6,11-13H2/t18-,19+/m1/s1. The number of fused-ring (bicyclic) bond motifs is 4. The van der Waals surface area contributed by atoms with Crippen LogP contribution < -0.4 is 0 Å². The van der Waals surface area contributed by atoms with E-state index in [9.17, 15) is 14.4 Å². The number of imide groups is 1. The van der Waals surface area contributed by atoms with E-state index in [4.69, 9.17) is 0 Å². The molecule has 5 nitrogen and oxygen atoms in total. The predicted octanol–water partition coefficient (Wildman–Crippen LogP) is 2.96. The van der Waals surface area contributed by atoms with Crippen molar-refractivity contribution in [1.29, 1.82) is 0 Å². The van der Waals surface area contributed by atoms with Gasteiger partial charge >= 0.3 is 0 Å². The molecule has 3 aliphatic heterocycles. The van der Waals surface area contributed by atoms with Crippen LogP contribution in [0, 0.1) is 0 Å². The van der Waals surface area contributed by atoms with E-state index in [1.807, 2.05) is 23.1 Å². The van der Waals surface area contributed by atoms with Gasteiger partial charge < -0.3 is 4.90 Å². The highest BCUT2D eigenvalue weighted by Crippen LogP contribution is 2.38. The summed E-state index contributed by atoms with van der Waals surface area (Å²) in [5.74, 6) is -0.825. The lowest BCUT2D eigenvalue weighted by Crippen LogP contribution is -2.52. The van der Waals surface area contributed by atoms with Crippen LogP contribution in [0.4, 0.5) is 0 Å². The molecular weight excluding hydrogens is 340 g/mol. The van der Waals surface area contributed by atoms with Crippen molar-refractivity contribution in [3.63, 3.8) is 0 Å². The monoisotopic (exact) mass is 360 g/mol. The van der Waals surface area contributed by atoms with Gasteiger partial charge in [0.05, 0.1) is 17.2 Å². The number of hydrogen-bond donors (Lipinski definition) is 0. The second kappa shape index (κ2) is 6.05. The first-order valence-electron chi connectivity index (χ1n) is 9.52. The van der Waals surface area contributed by atoms with Crippen molar-refractivity contribution in [2.24, 2.45) is 0 Å². The lowest BCUT2D eigenvalue weighted by atomic mass is 9.92. The molecule has 3 amide bonds. The molecule has 5 heteroatoms. The zero-order valence-electron chi connectivity index (χ0n) is 14.9. The Hall–Kier alpha value is -2.95. The summed E-state index contributed by atoms with van der Waals surface area (Å²) in [5, 5.41) is 0. The highest BCUT2D eigenvalue weighted by atomic mass is 16.2. The molecule has 0 unspecified atom stereocenters. The van der Waals surface area contributed by atoms with Gasteiger partial charge in [-0.2, -0.15) is 0 Å². The molecule has 3 heterocycles. The molecule has 0 bridgehead atoms. The average Bonchev–Trinajstić information content (AvgIpc) is 2.89. The van der Waals surface area contributed by atoms with Crippen molar-refractivity contribution >= 4 is 17.7 Å². The molecule has 1 saturated heterocycles. The van der Waals surface area contributed by atoms with Crippen molar-refractivity contribution < 1.29 is 14.4 Å². The van der Waals surface area contributed by atoms with Gasteiger partial charge in [0, 0.05) is 13.0 Å². The van der Waals surface area contributed by atoms with Gasteiger partial charge in [0.25, 0.3) is 11.8 Å². The molecule has 3 aliphatic rings. The van der Waals surface area contributed by atoms with Crippen LogP contribution in [0.25, 0.3) is 0 Å². The normalized spacial score (nSPS) is 24.4. The predicted molar refractivity (Wildman–Crippen MR) is 99.2 cm³/mol. The quantitative estimate of drug-likeness (QED) is 0.735. The van der Waals surface area contributed by atoms with Gasteiger partial charge in [-0.05, 0) is 42.5 Å². The third kappa shape index (κ3) is 2.34. The van der Waals surface area contributed by atoms with E-state index in [1.165, 1.54) is 4.90 Å². The van der Waals surface area contributed by atoms with Crippen molar-refractivity contribution in [2.75, 3.05) is 6.54 Å². The lowest BCUT2D eigenvalue weighted by Gasteiger charge is -2.37. The minimum atomic E-state index is -0.776. The van der Waals surface area contributed by atoms with E-state index in [2.05, 4.69) is 6.07 Å². The number of hydrogen-bond acceptors (Lipinski definition) is 3. The first kappa shape index (κ1) is 16.2. The molecule has 2 aromatic carbocycles. The minimum Gasteiger partial charge on any atom is -0.334 e. The van der Waals surface area contributed by atoms with E-state index in [0.717, 1.165) is 30.4 Å². The Balaban J connectivity index is 1.60. The van der Waals surface area contributed by atoms with Gasteiger partial charge in [0.2, 0.25) is 5.91 Å². The summed E-state index contributed by atoms with van der Waals surface area (Å²) in [6, 6.07) is 14.1. The Kier molecular flexibility index (Phi) is 3.64. The Morgan fingerprint density at radius 3 is 2.19 bits per heavy atom. The molecule has 0 aliphatic carbocycles. The fraction of sp³-hybridized carbons (Fsp3) is 0.318. The molecule has 2 aromatic rings. The van der Waals surface area contributed by atoms with Gasteiger partial charge in [-0.15, -0.1) is 0 Å². The fourth-order valence-electron chi connectivity index (χ4n) is 4.74. The van der Waals surface area contributed by atoms with E-state index >= 15 is 0 Å². The second-order valence-electron chi connectivity index (χ2n) is 7.49. The summed E-state index contributed by atoms with van der Waals surface area (Å²) in [5.41, 5.74) is 3.00. The summed E-state index contributed by atoms with van der Waals surface area (Å²) >= 11 is 0. The van der Waals surface area contributed by atoms with Gasteiger partial charge in [0.15, 0.2) is 0 Å². The highest BCUT2D eigenvalue weighted by Gasteiger charge is 2.46. The van der Waals surface area contributed by atoms with Crippen molar-refractivity contribution in [3.05, 3.63) is 70.8 Å². The van der Waals surface area contributed by atoms with Crippen LogP contribution in [0.15, 0.2) is 48.5 Å². The Bertz CT molecular complexity index is 933. The summed E-state index contributed by atoms with van der Waals surface area (Å²) in [6.07, 6.45) is 3.35. The Morgan fingerprint density at radius 1 is 0.778 bits per heavy atom. The first-order chi connectivity index (χ1) is 13.2. The topological polar surface area (TPSA) is 57.7 Å². The highest BCUT2D eigenvalue weighted by molar-refractivity contribution is 6.22. The molecule has 0 saturated carbocycles. The largest absolute Gasteiger partial charge is 0.334 e. The van der Waals surface area contributed by atoms with E-state index in [1.54, 1.807) is 24.3 Å². The number of benzene rings is 2. The van der Waals surface area contributed by atoms with Crippen LogP contribution >= 0.6 is 0 Å². The molecular formula is C22H20N2O3. The maximum Gasteiger partial charge on any atom is 0.262 e. The zero-order valence-corrected chi connectivity index (χ0v) is 14.9. The van der Waals surface area contributed by atoms with Gasteiger partial charge in [-0.3, -0.25) is 19.3 Å². The van der Waals surface area contributed by atoms with Gasteiger partial charge in [-0.1, -0.05) is 36.4 Å². The maximum absolute atomic E-state index is 13.5. The summed E-state index contributed by atoms with van der Waals surface area (Å²) in [7, 11) is 0. The van der Waals surface area contributed by atoms with E-state index in [0.29, 0.717) is 24.1 Å². The molecule has 0 N–H and O–H groups in total. The van der Waals surface area contributed by atoms with Crippen LogP contribution in [-0.2, 0) is 11.2 Å². The average molecular weight is 360 g/mol. The Labute approximate surface area is 157 Å². The number of carbonyl (C=O) groups excluding carboxylic acids is 3. The molecule has 5 rings (SSSR count). The van der Waals surface area contributed by atoms with Gasteiger partial charge in [0.1, 0.15) is 6.04 Å². The SMILES string of the molecule is O=C1[C@@H](N2C(=O)c3ccccc3C2=O)Cc2ccccc2[C@H]2CCCCN12. The molecule has 27 heavy (non-hydrogen) atoms. The first-order valence-corrected chi connectivity index (χ1v) is 9.52. The summed E-state index contributed by atoms with van der Waals surface area (Å²) < 4.78 is 0. The molecule has 0 radical (unpaired) electrons. The van der Waals surface area contributed by atoms with Crippen molar-refractivity contribution in [1.82, 2.24) is 9.80 Å². The van der Waals surface area contributed by atoms with Crippen molar-refractivity contribution in [3.8, 4) is 0 Å². The maximum atomic E-state index is 13.5. The molecule has 1 fully saturated rings. The van der Waals surface area contributed by atoms with Crippen LogP contribution in [0.2, 0.25) is 0 Å². The van der Waals surface area contributed by atoms with Crippen LogP contribution in [0.5, 0.6) is 0 Å². The number of amides is 3. The third-order valence-corrected chi connectivity index (χ3v) is 6.04. The molecule has 2 atom stereocenters. The number of nitrogens with zero attached hydrogens (tertiary/aromatic N) is 2. The lowest BCUT2D eigenvalue weighted by molar-refractivity contribution is -0.138. The number of carbonyl (C=O) groups is 3. The third-order valence-electron chi connectivity index (χ3n) is 6.04. The minimum absolute atomic E-state index is 0.0441. The zero-order chi connectivity index (χ0) is 18.5. The van der Waals surface area contributed by atoms with E-state index in [-0.39, 0.29) is 23.8 Å². The molecule has 0 spiro atoms. The molecule has 0 aromatic heterocycles. The fourth-order valence-corrected chi connectivity index (χ4v) is 4.74. The molecule has 136 valence electrons. The summed E-state index contributed by atoms with van der Waals surface area (Å²) in [6.45, 7) is 0.678. The second-order valence-corrected chi connectivity index (χ2v) is 7.49. The van der Waals surface area contributed by atoms with Gasteiger partial charge in [-0.25, -0.2) is 0 Å².